The molecule has 178 valence electrons. The van der Waals surface area contributed by atoms with Crippen molar-refractivity contribution in [1.29, 1.82) is 0 Å². The molecule has 4 heteroatoms. The lowest BCUT2D eigenvalue weighted by Crippen LogP contribution is -2.59. The number of amides is 2. The van der Waals surface area contributed by atoms with Gasteiger partial charge < -0.3 is 10.2 Å². The fraction of sp³-hybridized carbons (Fsp3) is 0.655. The van der Waals surface area contributed by atoms with Crippen LogP contribution < -0.4 is 5.32 Å². The van der Waals surface area contributed by atoms with Gasteiger partial charge in [-0.05, 0) is 79.3 Å². The Morgan fingerprint density at radius 1 is 1.09 bits per heavy atom. The summed E-state index contributed by atoms with van der Waals surface area (Å²) in [5, 5.41) is 3.32. The molecule has 1 N–H and O–H groups in total. The smallest absolute Gasteiger partial charge is 0.246 e. The maximum atomic E-state index is 13.4. The van der Waals surface area contributed by atoms with Crippen LogP contribution in [0.2, 0.25) is 0 Å². The molecule has 3 aliphatic carbocycles. The molecule has 1 aromatic carbocycles. The van der Waals surface area contributed by atoms with Gasteiger partial charge in [0.2, 0.25) is 11.8 Å². The highest BCUT2D eigenvalue weighted by molar-refractivity contribution is 5.89. The minimum absolute atomic E-state index is 0.0678. The first kappa shape index (κ1) is 22.7. The van der Waals surface area contributed by atoms with Gasteiger partial charge in [0.25, 0.3) is 0 Å². The molecule has 0 saturated heterocycles. The van der Waals surface area contributed by atoms with Gasteiger partial charge in [0.05, 0.1) is 0 Å². The summed E-state index contributed by atoms with van der Waals surface area (Å²) in [4.78, 5) is 27.7. The summed E-state index contributed by atoms with van der Waals surface area (Å²) in [7, 11) is 1.98. The highest BCUT2D eigenvalue weighted by Gasteiger charge is 2.61. The molecule has 1 aromatic rings. The molecule has 1 aliphatic heterocycles. The third kappa shape index (κ3) is 3.56. The molecule has 8 atom stereocenters. The first-order valence-electron chi connectivity index (χ1n) is 13.0. The van der Waals surface area contributed by atoms with E-state index in [0.29, 0.717) is 36.3 Å². The van der Waals surface area contributed by atoms with Crippen molar-refractivity contribution in [3.63, 3.8) is 0 Å². The van der Waals surface area contributed by atoms with Gasteiger partial charge >= 0.3 is 0 Å². The lowest BCUT2D eigenvalue weighted by molar-refractivity contribution is -0.142. The van der Waals surface area contributed by atoms with Crippen LogP contribution in [0.1, 0.15) is 70.8 Å². The summed E-state index contributed by atoms with van der Waals surface area (Å²) >= 11 is 0. The molecule has 2 unspecified atom stereocenters. The first-order valence-corrected chi connectivity index (χ1v) is 13.0. The van der Waals surface area contributed by atoms with Gasteiger partial charge in [-0.25, -0.2) is 0 Å². The lowest BCUT2D eigenvalue weighted by atomic mass is 9.47. The van der Waals surface area contributed by atoms with Gasteiger partial charge in [-0.2, -0.15) is 0 Å². The second-order valence-corrected chi connectivity index (χ2v) is 11.8. The normalized spacial score (nSPS) is 40.5. The molecule has 0 radical (unpaired) electrons. The molecular formula is C29H40N2O2. The van der Waals surface area contributed by atoms with Gasteiger partial charge in [0.15, 0.2) is 0 Å². The summed E-state index contributed by atoms with van der Waals surface area (Å²) in [5.74, 6) is 2.76. The Balaban J connectivity index is 1.29. The van der Waals surface area contributed by atoms with Crippen LogP contribution in [0.25, 0.3) is 0 Å². The van der Waals surface area contributed by atoms with Crippen LogP contribution in [0.15, 0.2) is 42.5 Å². The van der Waals surface area contributed by atoms with E-state index in [1.54, 1.807) is 0 Å². The number of carbonyl (C=O) groups is 2. The van der Waals surface area contributed by atoms with Crippen LogP contribution in [-0.2, 0) is 9.59 Å². The molecule has 33 heavy (non-hydrogen) atoms. The average Bonchev–Trinajstić information content (AvgIpc) is 3.18. The Morgan fingerprint density at radius 3 is 2.61 bits per heavy atom. The topological polar surface area (TPSA) is 49.4 Å². The summed E-state index contributed by atoms with van der Waals surface area (Å²) in [6.45, 7) is 7.70. The van der Waals surface area contributed by atoms with E-state index in [9.17, 15) is 9.59 Å². The van der Waals surface area contributed by atoms with Gasteiger partial charge in [-0.15, -0.1) is 0 Å². The van der Waals surface area contributed by atoms with Gasteiger partial charge in [-0.3, -0.25) is 9.59 Å². The van der Waals surface area contributed by atoms with E-state index in [0.717, 1.165) is 19.3 Å². The number of likely N-dealkylation sites (N-methyl/N-ethyl adjacent to an activating group) is 1. The average molecular weight is 449 g/mol. The van der Waals surface area contributed by atoms with Crippen molar-refractivity contribution in [3.8, 4) is 0 Å². The van der Waals surface area contributed by atoms with Crippen LogP contribution in [-0.4, -0.2) is 36.3 Å². The zero-order valence-corrected chi connectivity index (χ0v) is 20.7. The fourth-order valence-corrected chi connectivity index (χ4v) is 8.45. The molecule has 4 nitrogen and oxygen atoms in total. The van der Waals surface area contributed by atoms with Crippen LogP contribution in [0.3, 0.4) is 0 Å². The van der Waals surface area contributed by atoms with E-state index < -0.39 is 0 Å². The first-order chi connectivity index (χ1) is 15.8. The predicted molar refractivity (Wildman–Crippen MR) is 131 cm³/mol. The van der Waals surface area contributed by atoms with Crippen molar-refractivity contribution in [2.24, 2.45) is 34.5 Å². The van der Waals surface area contributed by atoms with Gasteiger partial charge in [0.1, 0.15) is 0 Å². The van der Waals surface area contributed by atoms with Crippen LogP contribution >= 0.6 is 0 Å². The van der Waals surface area contributed by atoms with Crippen molar-refractivity contribution in [3.05, 3.63) is 48.0 Å². The zero-order chi connectivity index (χ0) is 23.4. The monoisotopic (exact) mass is 448 g/mol. The predicted octanol–water partition coefficient (Wildman–Crippen LogP) is 5.16. The highest BCUT2D eigenvalue weighted by atomic mass is 16.2. The Bertz CT molecular complexity index is 942. The number of hydrogen-bond donors (Lipinski definition) is 1. The Kier molecular flexibility index (Phi) is 5.69. The van der Waals surface area contributed by atoms with E-state index in [1.165, 1.54) is 24.8 Å². The largest absolute Gasteiger partial charge is 0.355 e. The molecule has 0 aromatic heterocycles. The molecule has 5 rings (SSSR count). The molecule has 4 aliphatic rings. The van der Waals surface area contributed by atoms with Crippen LogP contribution in [0.4, 0.5) is 0 Å². The summed E-state index contributed by atoms with van der Waals surface area (Å²) in [5.41, 5.74) is 1.45. The maximum Gasteiger partial charge on any atom is 0.246 e. The number of nitrogens with zero attached hydrogens (tertiary/aromatic N) is 1. The van der Waals surface area contributed by atoms with Crippen LogP contribution in [0.5, 0.6) is 0 Å². The number of carbonyl (C=O) groups excluding carboxylic acids is 2. The summed E-state index contributed by atoms with van der Waals surface area (Å²) in [6, 6.07) is 10.8. The second-order valence-electron chi connectivity index (χ2n) is 11.8. The third-order valence-corrected chi connectivity index (χ3v) is 10.4. The van der Waals surface area contributed by atoms with Gasteiger partial charge in [0, 0.05) is 31.0 Å². The second kappa shape index (κ2) is 8.29. The van der Waals surface area contributed by atoms with Crippen molar-refractivity contribution in [2.75, 3.05) is 13.6 Å². The molecule has 2 amide bonds. The van der Waals surface area contributed by atoms with Crippen molar-refractivity contribution in [2.45, 2.75) is 71.3 Å². The van der Waals surface area contributed by atoms with E-state index >= 15 is 0 Å². The minimum Gasteiger partial charge on any atom is -0.355 e. The van der Waals surface area contributed by atoms with Crippen molar-refractivity contribution >= 4 is 11.8 Å². The third-order valence-electron chi connectivity index (χ3n) is 10.4. The minimum atomic E-state index is 0.0678. The number of nitrogens with one attached hydrogen (secondary N) is 1. The fourth-order valence-electron chi connectivity index (χ4n) is 8.45. The lowest BCUT2D eigenvalue weighted by Gasteiger charge is -2.60. The SMILES string of the molecule is C[C@@H](CNC(=O)C1CC[C@H]2[C@@H]3CCC4N(C)C(=O)C=C[C@]4(C)[C@@H]3CC[C@]12C)c1ccccc1. The molecule has 3 fully saturated rings. The standard InChI is InChI=1S/C29H40N2O2/c1-19(20-8-6-5-7-9-20)18-30-27(33)24-12-11-22-21-10-13-25-29(3,17-15-26(32)31(25)4)23(21)14-16-28(22,24)2/h5-9,15,17,19,21-25H,10-14,16,18H2,1-4H3,(H,30,33)/t19-,21-,22-,23+,24?,25?,28-,29+/m0/s1. The molecule has 1 heterocycles. The molecule has 0 spiro atoms. The molecular weight excluding hydrogens is 408 g/mol. The maximum absolute atomic E-state index is 13.4. The summed E-state index contributed by atoms with van der Waals surface area (Å²) < 4.78 is 0. The number of fused-ring (bicyclic) bond motifs is 5. The van der Waals surface area contributed by atoms with Crippen LogP contribution in [0, 0.1) is 34.5 Å². The van der Waals surface area contributed by atoms with E-state index in [1.807, 2.05) is 24.1 Å². The Hall–Kier alpha value is -2.10. The quantitative estimate of drug-likeness (QED) is 0.691. The van der Waals surface area contributed by atoms with Crippen molar-refractivity contribution in [1.82, 2.24) is 10.2 Å². The number of benzene rings is 1. The Labute approximate surface area is 199 Å². The number of hydrogen-bond acceptors (Lipinski definition) is 2. The number of rotatable bonds is 4. The Morgan fingerprint density at radius 2 is 1.85 bits per heavy atom. The van der Waals surface area contributed by atoms with E-state index in [-0.39, 0.29) is 28.6 Å². The highest BCUT2D eigenvalue weighted by Crippen LogP contribution is 2.65. The van der Waals surface area contributed by atoms with E-state index in [4.69, 9.17) is 0 Å². The molecule has 0 bridgehead atoms. The molecule has 3 saturated carbocycles. The van der Waals surface area contributed by atoms with Crippen molar-refractivity contribution < 1.29 is 9.59 Å². The zero-order valence-electron chi connectivity index (χ0n) is 20.7. The van der Waals surface area contributed by atoms with Gasteiger partial charge in [-0.1, -0.05) is 57.2 Å². The van der Waals surface area contributed by atoms with E-state index in [2.05, 4.69) is 56.4 Å². The summed E-state index contributed by atoms with van der Waals surface area (Å²) in [6.07, 6.45) is 10.8.